The average Bonchev–Trinajstić information content (AvgIpc) is 2.61. The second kappa shape index (κ2) is 4.15. The summed E-state index contributed by atoms with van der Waals surface area (Å²) in [5.41, 5.74) is 1.22. The third-order valence-electron chi connectivity index (χ3n) is 2.43. The summed E-state index contributed by atoms with van der Waals surface area (Å²) in [4.78, 5) is 9.67. The van der Waals surface area contributed by atoms with Gasteiger partial charge in [-0.25, -0.2) is 4.98 Å². The molecular formula is C9H15N3S. The molecule has 3 nitrogen and oxygen atoms in total. The maximum atomic E-state index is 4.03. The number of hydrogen-bond acceptors (Lipinski definition) is 3. The molecule has 1 N–H and O–H groups in total. The minimum Gasteiger partial charge on any atom is -0.347 e. The summed E-state index contributed by atoms with van der Waals surface area (Å²) in [5.74, 6) is 2.52. The maximum absolute atomic E-state index is 4.03. The van der Waals surface area contributed by atoms with E-state index in [0.717, 1.165) is 6.54 Å². The Hall–Kier alpha value is -0.480. The van der Waals surface area contributed by atoms with Crippen LogP contribution in [0.15, 0.2) is 12.5 Å². The van der Waals surface area contributed by atoms with Crippen molar-refractivity contribution in [2.45, 2.75) is 19.5 Å². The first-order valence-electron chi connectivity index (χ1n) is 4.65. The Kier molecular flexibility index (Phi) is 2.90. The molecule has 1 aromatic rings. The zero-order valence-electron chi connectivity index (χ0n) is 7.86. The lowest BCUT2D eigenvalue weighted by Gasteiger charge is -2.32. The van der Waals surface area contributed by atoms with Crippen LogP contribution in [0.5, 0.6) is 0 Å². The molecule has 2 rings (SSSR count). The fourth-order valence-corrected chi connectivity index (χ4v) is 2.67. The second-order valence-electron chi connectivity index (χ2n) is 3.47. The van der Waals surface area contributed by atoms with E-state index in [9.17, 15) is 0 Å². The quantitative estimate of drug-likeness (QED) is 0.776. The Balaban J connectivity index is 1.93. The molecule has 0 aromatic carbocycles. The van der Waals surface area contributed by atoms with Crippen molar-refractivity contribution in [3.8, 4) is 0 Å². The Morgan fingerprint density at radius 3 is 3.38 bits per heavy atom. The van der Waals surface area contributed by atoms with Crippen molar-refractivity contribution >= 4 is 11.8 Å². The van der Waals surface area contributed by atoms with E-state index in [0.29, 0.717) is 6.04 Å². The van der Waals surface area contributed by atoms with Crippen molar-refractivity contribution in [1.29, 1.82) is 0 Å². The molecule has 13 heavy (non-hydrogen) atoms. The van der Waals surface area contributed by atoms with Crippen molar-refractivity contribution in [2.24, 2.45) is 0 Å². The van der Waals surface area contributed by atoms with Crippen LogP contribution < -0.4 is 0 Å². The van der Waals surface area contributed by atoms with E-state index < -0.39 is 0 Å². The van der Waals surface area contributed by atoms with Crippen LogP contribution >= 0.6 is 11.8 Å². The van der Waals surface area contributed by atoms with Gasteiger partial charge in [-0.2, -0.15) is 11.8 Å². The van der Waals surface area contributed by atoms with Gasteiger partial charge in [0.1, 0.15) is 0 Å². The van der Waals surface area contributed by atoms with Crippen molar-refractivity contribution in [3.63, 3.8) is 0 Å². The summed E-state index contributed by atoms with van der Waals surface area (Å²) < 4.78 is 0. The van der Waals surface area contributed by atoms with E-state index in [2.05, 4.69) is 33.6 Å². The van der Waals surface area contributed by atoms with Crippen molar-refractivity contribution in [1.82, 2.24) is 14.9 Å². The third-order valence-corrected chi connectivity index (χ3v) is 3.62. The lowest BCUT2D eigenvalue weighted by atomic mass is 10.3. The van der Waals surface area contributed by atoms with Crippen LogP contribution in [-0.4, -0.2) is 39.0 Å². The standard InChI is InChI=1S/C9H15N3S/c1-8-6-13-3-2-12(8)5-9-4-10-7-11-9/h4,7-8H,2-3,5-6H2,1H3,(H,10,11). The zero-order chi connectivity index (χ0) is 9.10. The monoisotopic (exact) mass is 197 g/mol. The molecule has 0 saturated carbocycles. The van der Waals surface area contributed by atoms with Crippen LogP contribution in [0.2, 0.25) is 0 Å². The van der Waals surface area contributed by atoms with Gasteiger partial charge in [-0.15, -0.1) is 0 Å². The molecule has 0 bridgehead atoms. The predicted molar refractivity (Wildman–Crippen MR) is 55.8 cm³/mol. The van der Waals surface area contributed by atoms with Crippen molar-refractivity contribution < 1.29 is 0 Å². The van der Waals surface area contributed by atoms with Crippen LogP contribution in [0.4, 0.5) is 0 Å². The van der Waals surface area contributed by atoms with Crippen LogP contribution in [-0.2, 0) is 6.54 Å². The summed E-state index contributed by atoms with van der Waals surface area (Å²) in [5, 5.41) is 0. The number of aromatic nitrogens is 2. The van der Waals surface area contributed by atoms with E-state index in [4.69, 9.17) is 0 Å². The molecule has 0 amide bonds. The van der Waals surface area contributed by atoms with Gasteiger partial charge in [-0.1, -0.05) is 0 Å². The smallest absolute Gasteiger partial charge is 0.0922 e. The molecule has 1 unspecified atom stereocenters. The highest BCUT2D eigenvalue weighted by Crippen LogP contribution is 2.17. The number of thioether (sulfide) groups is 1. The summed E-state index contributed by atoms with van der Waals surface area (Å²) in [7, 11) is 0. The van der Waals surface area contributed by atoms with Gasteiger partial charge >= 0.3 is 0 Å². The Morgan fingerprint density at radius 2 is 2.69 bits per heavy atom. The lowest BCUT2D eigenvalue weighted by Crippen LogP contribution is -2.39. The molecule has 1 aromatic heterocycles. The number of hydrogen-bond donors (Lipinski definition) is 1. The van der Waals surface area contributed by atoms with Gasteiger partial charge in [0.15, 0.2) is 0 Å². The minimum atomic E-state index is 0.696. The van der Waals surface area contributed by atoms with Crippen molar-refractivity contribution in [2.75, 3.05) is 18.1 Å². The molecule has 0 aliphatic carbocycles. The normalized spacial score (nSPS) is 24.8. The summed E-state index contributed by atoms with van der Waals surface area (Å²) in [6.07, 6.45) is 3.66. The summed E-state index contributed by atoms with van der Waals surface area (Å²) >= 11 is 2.05. The van der Waals surface area contributed by atoms with Gasteiger partial charge in [-0.05, 0) is 6.92 Å². The largest absolute Gasteiger partial charge is 0.347 e. The molecule has 4 heteroatoms. The van der Waals surface area contributed by atoms with E-state index >= 15 is 0 Å². The summed E-state index contributed by atoms with van der Waals surface area (Å²) in [6.45, 7) is 4.51. The minimum absolute atomic E-state index is 0.696. The first kappa shape index (κ1) is 9.09. The third kappa shape index (κ3) is 2.25. The molecule has 1 aliphatic rings. The second-order valence-corrected chi connectivity index (χ2v) is 4.62. The van der Waals surface area contributed by atoms with Crippen LogP contribution in [0.25, 0.3) is 0 Å². The number of H-pyrrole nitrogens is 1. The highest BCUT2D eigenvalue weighted by Gasteiger charge is 2.18. The fourth-order valence-electron chi connectivity index (χ4n) is 1.59. The first-order valence-corrected chi connectivity index (χ1v) is 5.81. The molecule has 1 saturated heterocycles. The lowest BCUT2D eigenvalue weighted by molar-refractivity contribution is 0.221. The molecule has 2 heterocycles. The Labute approximate surface area is 82.9 Å². The predicted octanol–water partition coefficient (Wildman–Crippen LogP) is 1.35. The number of rotatable bonds is 2. The molecule has 0 radical (unpaired) electrons. The Bertz CT molecular complexity index is 247. The summed E-state index contributed by atoms with van der Waals surface area (Å²) in [6, 6.07) is 0.696. The molecular weight excluding hydrogens is 182 g/mol. The fraction of sp³-hybridized carbons (Fsp3) is 0.667. The SMILES string of the molecule is CC1CSCCN1Cc1cnc[nH]1. The van der Waals surface area contributed by atoms with Crippen molar-refractivity contribution in [3.05, 3.63) is 18.2 Å². The first-order chi connectivity index (χ1) is 6.36. The molecule has 0 spiro atoms. The van der Waals surface area contributed by atoms with E-state index in [-0.39, 0.29) is 0 Å². The molecule has 1 atom stereocenters. The topological polar surface area (TPSA) is 31.9 Å². The molecule has 1 fully saturated rings. The van der Waals surface area contributed by atoms with Gasteiger partial charge in [0.2, 0.25) is 0 Å². The van der Waals surface area contributed by atoms with Crippen LogP contribution in [0.1, 0.15) is 12.6 Å². The number of imidazole rings is 1. The van der Waals surface area contributed by atoms with Gasteiger partial charge in [0, 0.05) is 42.5 Å². The number of nitrogens with one attached hydrogen (secondary N) is 1. The number of nitrogens with zero attached hydrogens (tertiary/aromatic N) is 2. The molecule has 72 valence electrons. The molecule has 1 aliphatic heterocycles. The van der Waals surface area contributed by atoms with Gasteiger partial charge in [-0.3, -0.25) is 4.90 Å². The van der Waals surface area contributed by atoms with E-state index in [1.807, 2.05) is 6.20 Å². The highest BCUT2D eigenvalue weighted by molar-refractivity contribution is 7.99. The van der Waals surface area contributed by atoms with E-state index in [1.54, 1.807) is 6.33 Å². The van der Waals surface area contributed by atoms with Gasteiger partial charge in [0.25, 0.3) is 0 Å². The Morgan fingerprint density at radius 1 is 1.77 bits per heavy atom. The van der Waals surface area contributed by atoms with Gasteiger partial charge in [0.05, 0.1) is 6.33 Å². The zero-order valence-corrected chi connectivity index (χ0v) is 8.68. The van der Waals surface area contributed by atoms with Gasteiger partial charge < -0.3 is 4.98 Å². The number of aromatic amines is 1. The highest BCUT2D eigenvalue weighted by atomic mass is 32.2. The van der Waals surface area contributed by atoms with Crippen LogP contribution in [0, 0.1) is 0 Å². The maximum Gasteiger partial charge on any atom is 0.0922 e. The van der Waals surface area contributed by atoms with E-state index in [1.165, 1.54) is 23.7 Å². The van der Waals surface area contributed by atoms with Crippen LogP contribution in [0.3, 0.4) is 0 Å². The average molecular weight is 197 g/mol.